The second-order valence-electron chi connectivity index (χ2n) is 5.55. The summed E-state index contributed by atoms with van der Waals surface area (Å²) in [7, 11) is 3.48. The third-order valence-corrected chi connectivity index (χ3v) is 4.08. The molecule has 1 aliphatic rings. The molecule has 1 N–H and O–H groups in total. The number of carbonyl (C=O) groups excluding carboxylic acids is 1. The van der Waals surface area contributed by atoms with Gasteiger partial charge in [0.25, 0.3) is 5.91 Å². The van der Waals surface area contributed by atoms with Gasteiger partial charge in [-0.3, -0.25) is 14.2 Å². The van der Waals surface area contributed by atoms with Crippen LogP contribution in [-0.4, -0.2) is 39.2 Å². The van der Waals surface area contributed by atoms with Crippen LogP contribution in [-0.2, 0) is 24.8 Å². The molecule has 0 aliphatic carbocycles. The van der Waals surface area contributed by atoms with Gasteiger partial charge in [-0.05, 0) is 25.3 Å². The molecule has 0 unspecified atom stereocenters. The average molecular weight is 303 g/mol. The molecule has 22 heavy (non-hydrogen) atoms. The standard InChI is InChI=1S/C15H21N5O2/c1-19-14(6-7-16-19)12(10-22-2)18-15(21)11-9-17-20-8-4-3-5-13(11)20/h6-7,9,12H,3-5,8,10H2,1-2H3,(H,18,21)/t12-/m0/s1. The largest absolute Gasteiger partial charge is 0.382 e. The first-order chi connectivity index (χ1) is 10.7. The number of nitrogens with zero attached hydrogens (tertiary/aromatic N) is 4. The Kier molecular flexibility index (Phi) is 4.24. The molecule has 7 heteroatoms. The number of methoxy groups -OCH3 is 1. The average Bonchev–Trinajstić information content (AvgIpc) is 3.12. The van der Waals surface area contributed by atoms with Crippen molar-refractivity contribution in [2.45, 2.75) is 31.8 Å². The lowest BCUT2D eigenvalue weighted by molar-refractivity contribution is 0.0891. The Morgan fingerprint density at radius 3 is 3.05 bits per heavy atom. The summed E-state index contributed by atoms with van der Waals surface area (Å²) in [6.07, 6.45) is 6.52. The summed E-state index contributed by atoms with van der Waals surface area (Å²) in [5.74, 6) is -0.105. The van der Waals surface area contributed by atoms with Crippen molar-refractivity contribution in [2.24, 2.45) is 7.05 Å². The van der Waals surface area contributed by atoms with Crippen LogP contribution < -0.4 is 5.32 Å². The van der Waals surface area contributed by atoms with E-state index < -0.39 is 0 Å². The molecule has 0 fully saturated rings. The molecule has 0 bridgehead atoms. The zero-order valence-electron chi connectivity index (χ0n) is 13.0. The number of hydrogen-bond acceptors (Lipinski definition) is 4. The van der Waals surface area contributed by atoms with E-state index in [0.717, 1.165) is 37.2 Å². The lowest BCUT2D eigenvalue weighted by Gasteiger charge is -2.19. The SMILES string of the molecule is COC[C@H](NC(=O)c1cnn2c1CCCC2)c1ccnn1C. The normalized spacial score (nSPS) is 15.4. The Balaban J connectivity index is 1.80. The lowest BCUT2D eigenvalue weighted by atomic mass is 10.1. The van der Waals surface area contributed by atoms with Gasteiger partial charge in [-0.2, -0.15) is 10.2 Å². The fraction of sp³-hybridized carbons (Fsp3) is 0.533. The number of fused-ring (bicyclic) bond motifs is 1. The number of aromatic nitrogens is 4. The molecule has 118 valence electrons. The number of ether oxygens (including phenoxy) is 1. The molecule has 2 aromatic heterocycles. The summed E-state index contributed by atoms with van der Waals surface area (Å²) < 4.78 is 8.92. The zero-order valence-corrected chi connectivity index (χ0v) is 13.0. The predicted molar refractivity (Wildman–Crippen MR) is 80.5 cm³/mol. The predicted octanol–water partition coefficient (Wildman–Crippen LogP) is 1.07. The number of carbonyl (C=O) groups is 1. The van der Waals surface area contributed by atoms with Gasteiger partial charge in [0.05, 0.1) is 35.8 Å². The van der Waals surface area contributed by atoms with Crippen molar-refractivity contribution in [2.75, 3.05) is 13.7 Å². The molecule has 1 amide bonds. The smallest absolute Gasteiger partial charge is 0.255 e. The van der Waals surface area contributed by atoms with Gasteiger partial charge in [0.15, 0.2) is 0 Å². The molecule has 0 aromatic carbocycles. The molecule has 0 saturated carbocycles. The molecular formula is C15H21N5O2. The van der Waals surface area contributed by atoms with E-state index in [0.29, 0.717) is 12.2 Å². The van der Waals surface area contributed by atoms with E-state index in [1.807, 2.05) is 17.8 Å². The summed E-state index contributed by atoms with van der Waals surface area (Å²) in [6, 6.07) is 1.65. The quantitative estimate of drug-likeness (QED) is 0.896. The summed E-state index contributed by atoms with van der Waals surface area (Å²) in [6.45, 7) is 1.29. The minimum absolute atomic E-state index is 0.105. The van der Waals surface area contributed by atoms with Crippen molar-refractivity contribution in [1.29, 1.82) is 0 Å². The highest BCUT2D eigenvalue weighted by atomic mass is 16.5. The van der Waals surface area contributed by atoms with E-state index in [1.54, 1.807) is 24.2 Å². The van der Waals surface area contributed by atoms with Gasteiger partial charge in [-0.1, -0.05) is 0 Å². The Morgan fingerprint density at radius 1 is 1.45 bits per heavy atom. The summed E-state index contributed by atoms with van der Waals surface area (Å²) in [5, 5.41) is 11.5. The van der Waals surface area contributed by atoms with E-state index in [1.165, 1.54) is 0 Å². The molecule has 3 rings (SSSR count). The van der Waals surface area contributed by atoms with Gasteiger partial charge in [0, 0.05) is 26.9 Å². The van der Waals surface area contributed by atoms with Crippen molar-refractivity contribution in [3.63, 3.8) is 0 Å². The Labute approximate surface area is 129 Å². The van der Waals surface area contributed by atoms with Crippen LogP contribution in [0.3, 0.4) is 0 Å². The zero-order chi connectivity index (χ0) is 15.5. The third kappa shape index (κ3) is 2.76. The number of aryl methyl sites for hydroxylation is 2. The second kappa shape index (κ2) is 6.31. The van der Waals surface area contributed by atoms with Crippen LogP contribution in [0, 0.1) is 0 Å². The van der Waals surface area contributed by atoms with Gasteiger partial charge in [-0.25, -0.2) is 0 Å². The molecule has 1 atom stereocenters. The molecule has 1 aliphatic heterocycles. The fourth-order valence-electron chi connectivity index (χ4n) is 2.94. The molecular weight excluding hydrogens is 282 g/mol. The van der Waals surface area contributed by atoms with Crippen LogP contribution in [0.25, 0.3) is 0 Å². The van der Waals surface area contributed by atoms with Gasteiger partial charge < -0.3 is 10.1 Å². The second-order valence-corrected chi connectivity index (χ2v) is 5.55. The monoisotopic (exact) mass is 303 g/mol. The van der Waals surface area contributed by atoms with E-state index >= 15 is 0 Å². The van der Waals surface area contributed by atoms with Crippen LogP contribution in [0.4, 0.5) is 0 Å². The van der Waals surface area contributed by atoms with Crippen molar-refractivity contribution in [3.8, 4) is 0 Å². The van der Waals surface area contributed by atoms with Crippen molar-refractivity contribution in [1.82, 2.24) is 24.9 Å². The van der Waals surface area contributed by atoms with Crippen molar-refractivity contribution < 1.29 is 9.53 Å². The van der Waals surface area contributed by atoms with Crippen LogP contribution in [0.1, 0.15) is 40.6 Å². The lowest BCUT2D eigenvalue weighted by Crippen LogP contribution is -2.33. The Morgan fingerprint density at radius 2 is 2.32 bits per heavy atom. The maximum Gasteiger partial charge on any atom is 0.255 e. The minimum Gasteiger partial charge on any atom is -0.382 e. The summed E-state index contributed by atoms with van der Waals surface area (Å²) in [5.41, 5.74) is 2.61. The van der Waals surface area contributed by atoms with Crippen LogP contribution in [0.5, 0.6) is 0 Å². The van der Waals surface area contributed by atoms with Crippen LogP contribution in [0.15, 0.2) is 18.5 Å². The van der Waals surface area contributed by atoms with E-state index in [-0.39, 0.29) is 11.9 Å². The number of hydrogen-bond donors (Lipinski definition) is 1. The van der Waals surface area contributed by atoms with Gasteiger partial charge in [0.1, 0.15) is 0 Å². The summed E-state index contributed by atoms with van der Waals surface area (Å²) >= 11 is 0. The first-order valence-electron chi connectivity index (χ1n) is 7.53. The highest BCUT2D eigenvalue weighted by Crippen LogP contribution is 2.19. The van der Waals surface area contributed by atoms with Gasteiger partial charge in [0.2, 0.25) is 0 Å². The maximum atomic E-state index is 12.6. The Bertz CT molecular complexity index is 661. The van der Waals surface area contributed by atoms with Gasteiger partial charge >= 0.3 is 0 Å². The van der Waals surface area contributed by atoms with Gasteiger partial charge in [-0.15, -0.1) is 0 Å². The topological polar surface area (TPSA) is 74.0 Å². The third-order valence-electron chi connectivity index (χ3n) is 4.08. The fourth-order valence-corrected chi connectivity index (χ4v) is 2.94. The Hall–Kier alpha value is -2.15. The van der Waals surface area contributed by atoms with Crippen molar-refractivity contribution in [3.05, 3.63) is 35.4 Å². The molecule has 2 aromatic rings. The first-order valence-corrected chi connectivity index (χ1v) is 7.53. The molecule has 3 heterocycles. The van der Waals surface area contributed by atoms with E-state index in [4.69, 9.17) is 4.74 Å². The highest BCUT2D eigenvalue weighted by Gasteiger charge is 2.23. The maximum absolute atomic E-state index is 12.6. The number of nitrogens with one attached hydrogen (secondary N) is 1. The molecule has 0 radical (unpaired) electrons. The molecule has 0 spiro atoms. The van der Waals surface area contributed by atoms with Crippen LogP contribution >= 0.6 is 0 Å². The van der Waals surface area contributed by atoms with Crippen LogP contribution in [0.2, 0.25) is 0 Å². The first kappa shape index (κ1) is 14.8. The minimum atomic E-state index is -0.232. The van der Waals surface area contributed by atoms with Crippen molar-refractivity contribution >= 4 is 5.91 Å². The number of rotatable bonds is 5. The number of amides is 1. The molecule has 0 saturated heterocycles. The summed E-state index contributed by atoms with van der Waals surface area (Å²) in [4.78, 5) is 12.6. The van der Waals surface area contributed by atoms with E-state index in [9.17, 15) is 4.79 Å². The van der Waals surface area contributed by atoms with E-state index in [2.05, 4.69) is 15.5 Å². The molecule has 7 nitrogen and oxygen atoms in total. The highest BCUT2D eigenvalue weighted by molar-refractivity contribution is 5.95.